The van der Waals surface area contributed by atoms with Gasteiger partial charge in [-0.2, -0.15) is 4.68 Å². The van der Waals surface area contributed by atoms with Gasteiger partial charge in [-0.15, -0.1) is 16.9 Å². The van der Waals surface area contributed by atoms with Crippen LogP contribution in [0.5, 0.6) is 5.75 Å². The molecule has 0 saturated heterocycles. The Kier molecular flexibility index (Phi) is 5.74. The predicted molar refractivity (Wildman–Crippen MR) is 116 cm³/mol. The fourth-order valence-electron chi connectivity index (χ4n) is 3.09. The lowest BCUT2D eigenvalue weighted by Crippen LogP contribution is -2.17. The molecule has 0 spiro atoms. The van der Waals surface area contributed by atoms with Crippen LogP contribution in [0.2, 0.25) is 0 Å². The van der Waals surface area contributed by atoms with Crippen LogP contribution in [0.25, 0.3) is 5.82 Å². The highest BCUT2D eigenvalue weighted by atomic mass is 32.2. The number of phenols is 1. The van der Waals surface area contributed by atoms with E-state index < -0.39 is 5.97 Å². The molecule has 0 unspecified atom stereocenters. The quantitative estimate of drug-likeness (QED) is 0.496. The maximum atomic E-state index is 11.7. The molecule has 0 radical (unpaired) electrons. The Morgan fingerprint density at radius 2 is 1.71 bits per heavy atom. The van der Waals surface area contributed by atoms with Crippen LogP contribution in [0.4, 0.5) is 5.82 Å². The standard InChI is InChI=1S/C20H26N6O4S/c1-19(2,3)11-7-10(8-12(15(11)27)20(4,5)6)31-9-13-14(18(28)29)22-25-26(13)17-16(21)23-30-24-17/h7-8,27H,9H2,1-6H3,(H2,21,23)(H,28,29). The number of nitrogen functional groups attached to an aromatic ring is 1. The molecule has 0 atom stereocenters. The van der Waals surface area contributed by atoms with Gasteiger partial charge in [-0.25, -0.2) is 9.42 Å². The number of nitrogens with zero attached hydrogens (tertiary/aromatic N) is 5. The van der Waals surface area contributed by atoms with Crippen molar-refractivity contribution >= 4 is 23.5 Å². The van der Waals surface area contributed by atoms with Crippen molar-refractivity contribution in [1.29, 1.82) is 0 Å². The zero-order valence-electron chi connectivity index (χ0n) is 18.3. The fraction of sp³-hybridized carbons (Fsp3) is 0.450. The van der Waals surface area contributed by atoms with Crippen LogP contribution in [0.3, 0.4) is 0 Å². The molecule has 4 N–H and O–H groups in total. The number of rotatable bonds is 5. The van der Waals surface area contributed by atoms with Gasteiger partial charge in [-0.3, -0.25) is 0 Å². The van der Waals surface area contributed by atoms with E-state index in [1.807, 2.05) is 53.7 Å². The number of aromatic nitrogens is 5. The van der Waals surface area contributed by atoms with Crippen LogP contribution in [-0.4, -0.2) is 41.5 Å². The first-order chi connectivity index (χ1) is 14.3. The van der Waals surface area contributed by atoms with Gasteiger partial charge >= 0.3 is 5.97 Å². The number of aromatic hydroxyl groups is 1. The zero-order valence-corrected chi connectivity index (χ0v) is 19.1. The summed E-state index contributed by atoms with van der Waals surface area (Å²) in [7, 11) is 0. The molecule has 0 aliphatic rings. The van der Waals surface area contributed by atoms with E-state index in [0.29, 0.717) is 5.69 Å². The molecule has 0 amide bonds. The monoisotopic (exact) mass is 446 g/mol. The summed E-state index contributed by atoms with van der Waals surface area (Å²) in [6.07, 6.45) is 0. The van der Waals surface area contributed by atoms with E-state index in [1.165, 1.54) is 16.4 Å². The zero-order chi connectivity index (χ0) is 23.1. The van der Waals surface area contributed by atoms with Crippen molar-refractivity contribution < 1.29 is 19.6 Å². The van der Waals surface area contributed by atoms with Gasteiger partial charge in [0.05, 0.1) is 5.69 Å². The maximum absolute atomic E-state index is 11.7. The first-order valence-corrected chi connectivity index (χ1v) is 10.6. The fourth-order valence-corrected chi connectivity index (χ4v) is 4.06. The van der Waals surface area contributed by atoms with Gasteiger partial charge in [0.2, 0.25) is 11.6 Å². The van der Waals surface area contributed by atoms with Gasteiger partial charge in [0.15, 0.2) is 5.69 Å². The average Bonchev–Trinajstić information content (AvgIpc) is 3.24. The van der Waals surface area contributed by atoms with Crippen molar-refractivity contribution in [2.24, 2.45) is 0 Å². The molecule has 10 nitrogen and oxygen atoms in total. The molecule has 3 aromatic rings. The Bertz CT molecular complexity index is 1090. The number of anilines is 1. The number of carboxylic acid groups (broad SMARTS) is 1. The minimum Gasteiger partial charge on any atom is -0.507 e. The third-order valence-corrected chi connectivity index (χ3v) is 5.72. The number of hydrogen-bond acceptors (Lipinski definition) is 9. The summed E-state index contributed by atoms with van der Waals surface area (Å²) in [5.41, 5.74) is 6.91. The summed E-state index contributed by atoms with van der Waals surface area (Å²) in [5.74, 6) is -0.661. The average molecular weight is 447 g/mol. The van der Waals surface area contributed by atoms with Gasteiger partial charge in [0.25, 0.3) is 0 Å². The Labute approximate surface area is 183 Å². The molecule has 1 aromatic carbocycles. The molecule has 0 aliphatic heterocycles. The molecule has 11 heteroatoms. The van der Waals surface area contributed by atoms with Crippen LogP contribution in [0, 0.1) is 0 Å². The minimum absolute atomic E-state index is 0.0252. The SMILES string of the molecule is CC(C)(C)c1cc(SCc2c(C(=O)O)nnn2-c2nonc2N)cc(C(C)(C)C)c1O. The van der Waals surface area contributed by atoms with Crippen molar-refractivity contribution in [2.75, 3.05) is 5.73 Å². The summed E-state index contributed by atoms with van der Waals surface area (Å²) >= 11 is 1.40. The lowest BCUT2D eigenvalue weighted by Gasteiger charge is -2.28. The predicted octanol–water partition coefficient (Wildman–Crippen LogP) is 3.52. The molecule has 0 fully saturated rings. The Hall–Kier alpha value is -3.08. The van der Waals surface area contributed by atoms with E-state index >= 15 is 0 Å². The molecule has 0 bridgehead atoms. The van der Waals surface area contributed by atoms with Crippen molar-refractivity contribution in [3.05, 3.63) is 34.6 Å². The van der Waals surface area contributed by atoms with E-state index in [1.54, 1.807) is 0 Å². The number of hydrogen-bond donors (Lipinski definition) is 3. The molecular weight excluding hydrogens is 420 g/mol. The lowest BCUT2D eigenvalue weighted by molar-refractivity contribution is 0.0689. The van der Waals surface area contributed by atoms with E-state index in [-0.39, 0.29) is 39.7 Å². The molecule has 31 heavy (non-hydrogen) atoms. The van der Waals surface area contributed by atoms with Crippen LogP contribution >= 0.6 is 11.8 Å². The summed E-state index contributed by atoms with van der Waals surface area (Å²) in [6.45, 7) is 12.2. The van der Waals surface area contributed by atoms with Crippen molar-refractivity contribution in [3.63, 3.8) is 0 Å². The summed E-state index contributed by atoms with van der Waals surface area (Å²) in [5, 5.41) is 35.3. The Balaban J connectivity index is 2.05. The summed E-state index contributed by atoms with van der Waals surface area (Å²) < 4.78 is 5.83. The number of phenolic OH excluding ortho intramolecular Hbond substituents is 1. The van der Waals surface area contributed by atoms with Gasteiger partial charge in [-0.1, -0.05) is 46.8 Å². The molecule has 3 rings (SSSR count). The third-order valence-electron chi connectivity index (χ3n) is 4.74. The largest absolute Gasteiger partial charge is 0.507 e. The van der Waals surface area contributed by atoms with E-state index in [2.05, 4.69) is 25.3 Å². The number of aromatic carboxylic acids is 1. The minimum atomic E-state index is -1.21. The second kappa shape index (κ2) is 7.88. The maximum Gasteiger partial charge on any atom is 0.358 e. The van der Waals surface area contributed by atoms with E-state index in [9.17, 15) is 15.0 Å². The van der Waals surface area contributed by atoms with Crippen molar-refractivity contribution in [1.82, 2.24) is 25.3 Å². The highest BCUT2D eigenvalue weighted by Gasteiger charge is 2.28. The van der Waals surface area contributed by atoms with Gasteiger partial charge in [0, 0.05) is 21.8 Å². The first kappa shape index (κ1) is 22.6. The summed E-state index contributed by atoms with van der Waals surface area (Å²) in [4.78, 5) is 12.5. The third kappa shape index (κ3) is 4.50. The smallest absolute Gasteiger partial charge is 0.358 e. The van der Waals surface area contributed by atoms with Crippen molar-refractivity contribution in [2.45, 2.75) is 63.0 Å². The topological polar surface area (TPSA) is 153 Å². The molecule has 2 aromatic heterocycles. The Morgan fingerprint density at radius 3 is 2.16 bits per heavy atom. The first-order valence-electron chi connectivity index (χ1n) is 9.57. The van der Waals surface area contributed by atoms with Crippen LogP contribution in [-0.2, 0) is 16.6 Å². The second-order valence-electron chi connectivity index (χ2n) is 9.23. The molecule has 166 valence electrons. The van der Waals surface area contributed by atoms with Crippen LogP contribution in [0.1, 0.15) is 68.9 Å². The number of carboxylic acids is 1. The van der Waals surface area contributed by atoms with E-state index in [4.69, 9.17) is 5.73 Å². The van der Waals surface area contributed by atoms with Gasteiger partial charge < -0.3 is 15.9 Å². The van der Waals surface area contributed by atoms with Crippen LogP contribution in [0.15, 0.2) is 21.7 Å². The molecule has 0 saturated carbocycles. The highest BCUT2D eigenvalue weighted by Crippen LogP contribution is 2.42. The number of nitrogens with two attached hydrogens (primary N) is 1. The lowest BCUT2D eigenvalue weighted by atomic mass is 9.79. The normalized spacial score (nSPS) is 12.3. The second-order valence-corrected chi connectivity index (χ2v) is 10.3. The molecule has 0 aliphatic carbocycles. The summed E-state index contributed by atoms with van der Waals surface area (Å²) in [6, 6.07) is 3.85. The van der Waals surface area contributed by atoms with Gasteiger partial charge in [-0.05, 0) is 33.3 Å². The van der Waals surface area contributed by atoms with Crippen molar-refractivity contribution in [3.8, 4) is 11.6 Å². The number of carbonyl (C=O) groups is 1. The van der Waals surface area contributed by atoms with Gasteiger partial charge in [0.1, 0.15) is 5.75 Å². The Morgan fingerprint density at radius 1 is 1.13 bits per heavy atom. The van der Waals surface area contributed by atoms with E-state index in [0.717, 1.165) is 16.0 Å². The number of benzene rings is 1. The number of thioether (sulfide) groups is 1. The molecular formula is C20H26N6O4S. The van der Waals surface area contributed by atoms with Crippen LogP contribution < -0.4 is 5.73 Å². The highest BCUT2D eigenvalue weighted by molar-refractivity contribution is 7.98. The molecule has 2 heterocycles.